The summed E-state index contributed by atoms with van der Waals surface area (Å²) in [5, 5.41) is 29.5. The minimum atomic E-state index is -0.852. The van der Waals surface area contributed by atoms with Crippen molar-refractivity contribution in [2.24, 2.45) is 0 Å². The summed E-state index contributed by atoms with van der Waals surface area (Å²) < 4.78 is 4.55. The highest BCUT2D eigenvalue weighted by Crippen LogP contribution is 2.08. The van der Waals surface area contributed by atoms with Crippen LogP contribution < -0.4 is 0 Å². The number of hydrogen-bond donors (Lipinski definition) is 3. The van der Waals surface area contributed by atoms with Crippen molar-refractivity contribution in [3.8, 4) is 0 Å². The van der Waals surface area contributed by atoms with Crippen LogP contribution in [0.1, 0.15) is 58.8 Å². The molecule has 0 aliphatic heterocycles. The molecular weight excluding hydrogens is 344 g/mol. The molecule has 3 atom stereocenters. The summed E-state index contributed by atoms with van der Waals surface area (Å²) in [5.41, 5.74) is 0.976. The average molecular weight is 381 g/mol. The second kappa shape index (κ2) is 16.5. The van der Waals surface area contributed by atoms with Gasteiger partial charge in [-0.1, -0.05) is 74.3 Å². The molecule has 3 N–H and O–H groups in total. The normalized spacial score (nSPS) is 16.3. The Bertz CT molecular complexity index is 505. The van der Waals surface area contributed by atoms with E-state index in [-0.39, 0.29) is 5.97 Å². The topological polar surface area (TPSA) is 87.0 Å². The van der Waals surface area contributed by atoms with Crippen LogP contribution in [-0.4, -0.2) is 46.7 Å². The summed E-state index contributed by atoms with van der Waals surface area (Å²) in [6.07, 6.45) is 15.2. The number of methoxy groups -OCH3 is 1. The standard InChI is InChI=1S/C22H36O5/c1-4-5-6-15-20(24)21(25)16-9-12-18(2)11-7-8-13-19(23)14-10-17-22(26)27-3/h7-9,11-13,16,19-21,23-25H,4-6,10,14-15,17H2,1-3H3/b11-7-,13-8+,16-9+,18-12+/t19-,20+,21-/m1/s1. The highest BCUT2D eigenvalue weighted by atomic mass is 16.5. The molecule has 0 saturated heterocycles. The minimum Gasteiger partial charge on any atom is -0.469 e. The molecule has 0 aliphatic rings. The number of aliphatic hydroxyl groups is 3. The van der Waals surface area contributed by atoms with E-state index < -0.39 is 18.3 Å². The fourth-order valence-electron chi connectivity index (χ4n) is 2.33. The number of rotatable bonds is 14. The lowest BCUT2D eigenvalue weighted by atomic mass is 10.1. The van der Waals surface area contributed by atoms with Crippen LogP contribution in [0.3, 0.4) is 0 Å². The molecule has 0 fully saturated rings. The van der Waals surface area contributed by atoms with E-state index >= 15 is 0 Å². The van der Waals surface area contributed by atoms with E-state index in [9.17, 15) is 20.1 Å². The van der Waals surface area contributed by atoms with Crippen LogP contribution in [0, 0.1) is 0 Å². The SMILES string of the molecule is CCCCC[C@H](O)[C@H](O)/C=C/C=C(C)/C=C\C=C\[C@@H](O)CCCC(=O)OC. The molecule has 0 aromatic heterocycles. The Morgan fingerprint density at radius 2 is 1.74 bits per heavy atom. The number of hydrogen-bond acceptors (Lipinski definition) is 5. The summed E-state index contributed by atoms with van der Waals surface area (Å²) in [6.45, 7) is 4.02. The lowest BCUT2D eigenvalue weighted by Gasteiger charge is -2.13. The molecular formula is C22H36O5. The molecule has 0 bridgehead atoms. The third-order valence-electron chi connectivity index (χ3n) is 4.08. The zero-order valence-electron chi connectivity index (χ0n) is 16.9. The number of unbranched alkanes of at least 4 members (excludes halogenated alkanes) is 2. The molecule has 0 unspecified atom stereocenters. The van der Waals surface area contributed by atoms with Crippen LogP contribution in [-0.2, 0) is 9.53 Å². The quantitative estimate of drug-likeness (QED) is 0.243. The number of aliphatic hydroxyl groups excluding tert-OH is 3. The maximum Gasteiger partial charge on any atom is 0.305 e. The van der Waals surface area contributed by atoms with Gasteiger partial charge >= 0.3 is 5.97 Å². The second-order valence-electron chi connectivity index (χ2n) is 6.63. The predicted octanol–water partition coefficient (Wildman–Crippen LogP) is 3.61. The first-order chi connectivity index (χ1) is 12.9. The Kier molecular flexibility index (Phi) is 15.4. The highest BCUT2D eigenvalue weighted by molar-refractivity contribution is 5.68. The number of allylic oxidation sites excluding steroid dienone is 6. The Morgan fingerprint density at radius 3 is 2.41 bits per heavy atom. The number of esters is 1. The molecule has 0 radical (unpaired) electrons. The van der Waals surface area contributed by atoms with E-state index in [0.29, 0.717) is 25.7 Å². The molecule has 5 heteroatoms. The summed E-state index contributed by atoms with van der Waals surface area (Å²) >= 11 is 0. The molecule has 154 valence electrons. The highest BCUT2D eigenvalue weighted by Gasteiger charge is 2.11. The number of carbonyl (C=O) groups is 1. The summed E-state index contributed by atoms with van der Waals surface area (Å²) in [5.74, 6) is -0.265. The maximum absolute atomic E-state index is 11.0. The Labute approximate surface area is 163 Å². The monoisotopic (exact) mass is 380 g/mol. The van der Waals surface area contributed by atoms with Crippen LogP contribution >= 0.6 is 0 Å². The smallest absolute Gasteiger partial charge is 0.305 e. The zero-order valence-corrected chi connectivity index (χ0v) is 16.9. The molecule has 0 aliphatic carbocycles. The van der Waals surface area contributed by atoms with E-state index in [1.165, 1.54) is 7.11 Å². The van der Waals surface area contributed by atoms with Gasteiger partial charge in [-0.2, -0.15) is 0 Å². The van der Waals surface area contributed by atoms with Crippen molar-refractivity contribution < 1.29 is 24.9 Å². The third kappa shape index (κ3) is 15.1. The van der Waals surface area contributed by atoms with Crippen LogP contribution in [0.25, 0.3) is 0 Å². The van der Waals surface area contributed by atoms with E-state index in [2.05, 4.69) is 11.7 Å². The predicted molar refractivity (Wildman–Crippen MR) is 109 cm³/mol. The molecule has 0 aromatic carbocycles. The van der Waals surface area contributed by atoms with Gasteiger partial charge in [-0.15, -0.1) is 0 Å². The molecule has 0 aromatic rings. The fraction of sp³-hybridized carbons (Fsp3) is 0.591. The van der Waals surface area contributed by atoms with Crippen molar-refractivity contribution in [3.63, 3.8) is 0 Å². The molecule has 5 nitrogen and oxygen atoms in total. The maximum atomic E-state index is 11.0. The van der Waals surface area contributed by atoms with Crippen molar-refractivity contribution in [1.29, 1.82) is 0 Å². The van der Waals surface area contributed by atoms with Gasteiger partial charge in [0.2, 0.25) is 0 Å². The van der Waals surface area contributed by atoms with E-state index in [1.54, 1.807) is 24.3 Å². The largest absolute Gasteiger partial charge is 0.469 e. The minimum absolute atomic E-state index is 0.265. The van der Waals surface area contributed by atoms with Crippen molar-refractivity contribution in [2.45, 2.75) is 77.1 Å². The van der Waals surface area contributed by atoms with E-state index in [0.717, 1.165) is 24.8 Å². The Hall–Kier alpha value is -1.69. The van der Waals surface area contributed by atoms with Crippen LogP contribution in [0.15, 0.2) is 48.1 Å². The van der Waals surface area contributed by atoms with Crippen LogP contribution in [0.2, 0.25) is 0 Å². The van der Waals surface area contributed by atoms with Crippen LogP contribution in [0.4, 0.5) is 0 Å². The molecule has 0 rings (SSSR count). The first-order valence-corrected chi connectivity index (χ1v) is 9.71. The second-order valence-corrected chi connectivity index (χ2v) is 6.63. The summed E-state index contributed by atoms with van der Waals surface area (Å²) in [7, 11) is 1.35. The van der Waals surface area contributed by atoms with Crippen molar-refractivity contribution in [3.05, 3.63) is 48.1 Å². The van der Waals surface area contributed by atoms with E-state index in [4.69, 9.17) is 0 Å². The molecule has 0 saturated carbocycles. The van der Waals surface area contributed by atoms with Gasteiger partial charge in [0.25, 0.3) is 0 Å². The van der Waals surface area contributed by atoms with E-state index in [1.807, 2.05) is 25.2 Å². The van der Waals surface area contributed by atoms with Gasteiger partial charge in [-0.05, 0) is 26.2 Å². The van der Waals surface area contributed by atoms with Gasteiger partial charge in [-0.25, -0.2) is 0 Å². The Morgan fingerprint density at radius 1 is 1.00 bits per heavy atom. The van der Waals surface area contributed by atoms with Gasteiger partial charge in [0.15, 0.2) is 0 Å². The van der Waals surface area contributed by atoms with Crippen molar-refractivity contribution >= 4 is 5.97 Å². The molecule has 0 spiro atoms. The number of carbonyl (C=O) groups excluding carboxylic acids is 1. The summed E-state index contributed by atoms with van der Waals surface area (Å²) in [6, 6.07) is 0. The van der Waals surface area contributed by atoms with Gasteiger partial charge < -0.3 is 20.1 Å². The molecule has 27 heavy (non-hydrogen) atoms. The molecule has 0 amide bonds. The lowest BCUT2D eigenvalue weighted by Crippen LogP contribution is -2.23. The average Bonchev–Trinajstić information content (AvgIpc) is 2.65. The summed E-state index contributed by atoms with van der Waals surface area (Å²) in [4.78, 5) is 11.0. The van der Waals surface area contributed by atoms with Gasteiger partial charge in [0, 0.05) is 6.42 Å². The van der Waals surface area contributed by atoms with Gasteiger partial charge in [0.05, 0.1) is 25.4 Å². The molecule has 0 heterocycles. The van der Waals surface area contributed by atoms with Crippen molar-refractivity contribution in [2.75, 3.05) is 7.11 Å². The fourth-order valence-corrected chi connectivity index (χ4v) is 2.33. The third-order valence-corrected chi connectivity index (χ3v) is 4.08. The first kappa shape index (κ1) is 25.3. The van der Waals surface area contributed by atoms with Gasteiger partial charge in [-0.3, -0.25) is 4.79 Å². The number of ether oxygens (including phenoxy) is 1. The first-order valence-electron chi connectivity index (χ1n) is 9.71. The lowest BCUT2D eigenvalue weighted by molar-refractivity contribution is -0.140. The van der Waals surface area contributed by atoms with Crippen molar-refractivity contribution in [1.82, 2.24) is 0 Å². The Balaban J connectivity index is 4.18. The van der Waals surface area contributed by atoms with Crippen LogP contribution in [0.5, 0.6) is 0 Å². The zero-order chi connectivity index (χ0) is 20.5. The van der Waals surface area contributed by atoms with Gasteiger partial charge in [0.1, 0.15) is 0 Å².